The van der Waals surface area contributed by atoms with Gasteiger partial charge in [0, 0.05) is 12.8 Å². The molecule has 0 saturated carbocycles. The van der Waals surface area contributed by atoms with Crippen molar-refractivity contribution in [1.82, 2.24) is 0 Å². The van der Waals surface area contributed by atoms with Crippen LogP contribution in [0.25, 0.3) is 0 Å². The summed E-state index contributed by atoms with van der Waals surface area (Å²) < 4.78 is 0. The molecule has 1 N–H and O–H groups in total. The van der Waals surface area contributed by atoms with Crippen LogP contribution in [-0.4, -0.2) is 10.7 Å². The molecule has 0 aromatic rings. The first-order chi connectivity index (χ1) is 5.06. The van der Waals surface area contributed by atoms with E-state index in [1.165, 1.54) is 12.8 Å². The lowest BCUT2D eigenvalue weighted by Gasteiger charge is -2.11. The van der Waals surface area contributed by atoms with Crippen molar-refractivity contribution in [2.24, 2.45) is 0 Å². The van der Waals surface area contributed by atoms with Gasteiger partial charge < -0.3 is 5.11 Å². The van der Waals surface area contributed by atoms with Crippen LogP contribution in [0.3, 0.4) is 0 Å². The van der Waals surface area contributed by atoms with E-state index in [2.05, 4.69) is 18.8 Å². The second-order valence-corrected chi connectivity index (χ2v) is 3.45. The van der Waals surface area contributed by atoms with Gasteiger partial charge in [-0.05, 0) is 20.3 Å². The fourth-order valence-electron chi connectivity index (χ4n) is 0.632. The van der Waals surface area contributed by atoms with E-state index in [0.717, 1.165) is 6.42 Å². The molecule has 0 unspecified atom stereocenters. The molecule has 0 heterocycles. The van der Waals surface area contributed by atoms with Crippen LogP contribution in [0.1, 0.15) is 46.5 Å². The van der Waals surface area contributed by atoms with E-state index in [1.807, 2.05) is 0 Å². The zero-order valence-corrected chi connectivity index (χ0v) is 7.78. The number of rotatable bonds is 3. The van der Waals surface area contributed by atoms with Crippen molar-refractivity contribution in [3.8, 4) is 11.8 Å². The van der Waals surface area contributed by atoms with Crippen LogP contribution < -0.4 is 0 Å². The Morgan fingerprint density at radius 3 is 2.36 bits per heavy atom. The highest BCUT2D eigenvalue weighted by atomic mass is 16.3. The Bertz CT molecular complexity index is 142. The molecule has 0 fully saturated rings. The van der Waals surface area contributed by atoms with Gasteiger partial charge >= 0.3 is 0 Å². The fraction of sp³-hybridized carbons (Fsp3) is 0.800. The second-order valence-electron chi connectivity index (χ2n) is 3.45. The lowest BCUT2D eigenvalue weighted by molar-refractivity contribution is 0.0862. The van der Waals surface area contributed by atoms with Crippen LogP contribution >= 0.6 is 0 Å². The molecule has 0 atom stereocenters. The van der Waals surface area contributed by atoms with E-state index in [0.29, 0.717) is 6.42 Å². The highest BCUT2D eigenvalue weighted by Crippen LogP contribution is 2.04. The first-order valence-electron chi connectivity index (χ1n) is 4.24. The standard InChI is InChI=1S/C10H18O/c1-4-5-6-7-8-9-10(2,3)11/h11H,4-6,9H2,1-3H3. The molecule has 0 aliphatic heterocycles. The van der Waals surface area contributed by atoms with Gasteiger partial charge in [0.05, 0.1) is 5.60 Å². The molecule has 0 rings (SSSR count). The maximum atomic E-state index is 9.27. The van der Waals surface area contributed by atoms with E-state index < -0.39 is 5.60 Å². The van der Waals surface area contributed by atoms with Gasteiger partial charge in [0.25, 0.3) is 0 Å². The summed E-state index contributed by atoms with van der Waals surface area (Å²) in [6.07, 6.45) is 3.90. The van der Waals surface area contributed by atoms with E-state index in [9.17, 15) is 5.11 Å². The van der Waals surface area contributed by atoms with Crippen molar-refractivity contribution < 1.29 is 5.11 Å². The van der Waals surface area contributed by atoms with Crippen LogP contribution in [-0.2, 0) is 0 Å². The molecule has 0 aromatic carbocycles. The predicted octanol–water partition coefficient (Wildman–Crippen LogP) is 2.34. The third kappa shape index (κ3) is 9.52. The van der Waals surface area contributed by atoms with Crippen LogP contribution in [0, 0.1) is 11.8 Å². The third-order valence-corrected chi connectivity index (χ3v) is 1.30. The Morgan fingerprint density at radius 1 is 1.27 bits per heavy atom. The lowest BCUT2D eigenvalue weighted by atomic mass is 10.1. The van der Waals surface area contributed by atoms with Crippen molar-refractivity contribution in [2.75, 3.05) is 0 Å². The van der Waals surface area contributed by atoms with Gasteiger partial charge in [0.2, 0.25) is 0 Å². The quantitative estimate of drug-likeness (QED) is 0.488. The predicted molar refractivity (Wildman–Crippen MR) is 48.2 cm³/mol. The largest absolute Gasteiger partial charge is 0.389 e. The molecule has 0 bridgehead atoms. The SMILES string of the molecule is CCCCC#CCC(C)(C)O. The van der Waals surface area contributed by atoms with E-state index in [-0.39, 0.29) is 0 Å². The van der Waals surface area contributed by atoms with Crippen molar-refractivity contribution >= 4 is 0 Å². The van der Waals surface area contributed by atoms with E-state index in [4.69, 9.17) is 0 Å². The number of unbranched alkanes of at least 4 members (excludes halogenated alkanes) is 2. The summed E-state index contributed by atoms with van der Waals surface area (Å²) in [6, 6.07) is 0. The fourth-order valence-corrected chi connectivity index (χ4v) is 0.632. The Morgan fingerprint density at radius 2 is 1.91 bits per heavy atom. The number of hydrogen-bond donors (Lipinski definition) is 1. The lowest BCUT2D eigenvalue weighted by Crippen LogP contribution is -2.16. The zero-order valence-electron chi connectivity index (χ0n) is 7.78. The summed E-state index contributed by atoms with van der Waals surface area (Å²) in [5.41, 5.74) is -0.626. The topological polar surface area (TPSA) is 20.2 Å². The monoisotopic (exact) mass is 154 g/mol. The average molecular weight is 154 g/mol. The summed E-state index contributed by atoms with van der Waals surface area (Å²) >= 11 is 0. The minimum atomic E-state index is -0.626. The van der Waals surface area contributed by atoms with E-state index >= 15 is 0 Å². The molecule has 11 heavy (non-hydrogen) atoms. The van der Waals surface area contributed by atoms with Crippen molar-refractivity contribution in [3.63, 3.8) is 0 Å². The normalized spacial score (nSPS) is 10.5. The highest BCUT2D eigenvalue weighted by molar-refractivity contribution is 5.01. The first-order valence-corrected chi connectivity index (χ1v) is 4.24. The van der Waals surface area contributed by atoms with Gasteiger partial charge in [-0.1, -0.05) is 13.3 Å². The highest BCUT2D eigenvalue weighted by Gasteiger charge is 2.08. The smallest absolute Gasteiger partial charge is 0.0700 e. The maximum Gasteiger partial charge on any atom is 0.0700 e. The molecule has 0 amide bonds. The Kier molecular flexibility index (Phi) is 4.98. The van der Waals surface area contributed by atoms with Gasteiger partial charge in [-0.3, -0.25) is 0 Å². The molecule has 64 valence electrons. The summed E-state index contributed by atoms with van der Waals surface area (Å²) in [5, 5.41) is 9.27. The Balaban J connectivity index is 3.41. The number of hydrogen-bond acceptors (Lipinski definition) is 1. The van der Waals surface area contributed by atoms with Gasteiger partial charge in [0.1, 0.15) is 0 Å². The second kappa shape index (κ2) is 5.21. The maximum absolute atomic E-state index is 9.27. The molecule has 1 nitrogen and oxygen atoms in total. The molecule has 0 radical (unpaired) electrons. The van der Waals surface area contributed by atoms with Crippen LogP contribution in [0.4, 0.5) is 0 Å². The van der Waals surface area contributed by atoms with Crippen LogP contribution in [0.15, 0.2) is 0 Å². The first kappa shape index (κ1) is 10.5. The summed E-state index contributed by atoms with van der Waals surface area (Å²) in [5.74, 6) is 5.99. The molecule has 0 aliphatic rings. The molecule has 0 spiro atoms. The van der Waals surface area contributed by atoms with Gasteiger partial charge in [0.15, 0.2) is 0 Å². The van der Waals surface area contributed by atoms with E-state index in [1.54, 1.807) is 13.8 Å². The van der Waals surface area contributed by atoms with Crippen molar-refractivity contribution in [1.29, 1.82) is 0 Å². The average Bonchev–Trinajstić information content (AvgIpc) is 1.85. The summed E-state index contributed by atoms with van der Waals surface area (Å²) in [6.45, 7) is 5.71. The van der Waals surface area contributed by atoms with Crippen LogP contribution in [0.5, 0.6) is 0 Å². The Hall–Kier alpha value is -0.480. The van der Waals surface area contributed by atoms with Gasteiger partial charge in [-0.25, -0.2) is 0 Å². The summed E-state index contributed by atoms with van der Waals surface area (Å²) in [4.78, 5) is 0. The molecular formula is C10H18O. The van der Waals surface area contributed by atoms with Crippen molar-refractivity contribution in [3.05, 3.63) is 0 Å². The minimum absolute atomic E-state index is 0.580. The third-order valence-electron chi connectivity index (χ3n) is 1.30. The van der Waals surface area contributed by atoms with Gasteiger partial charge in [-0.15, -0.1) is 11.8 Å². The van der Waals surface area contributed by atoms with Crippen LogP contribution in [0.2, 0.25) is 0 Å². The molecule has 0 aliphatic carbocycles. The number of aliphatic hydroxyl groups is 1. The molecule has 0 aromatic heterocycles. The Labute approximate surface area is 69.8 Å². The molecule has 1 heteroatoms. The minimum Gasteiger partial charge on any atom is -0.389 e. The summed E-state index contributed by atoms with van der Waals surface area (Å²) in [7, 11) is 0. The molecular weight excluding hydrogens is 136 g/mol. The van der Waals surface area contributed by atoms with Gasteiger partial charge in [-0.2, -0.15) is 0 Å². The molecule has 0 saturated heterocycles. The zero-order chi connectivity index (χ0) is 8.74. The van der Waals surface area contributed by atoms with Crippen molar-refractivity contribution in [2.45, 2.75) is 52.1 Å².